The Morgan fingerprint density at radius 3 is 2.50 bits per heavy atom. The molecule has 4 atom stereocenters. The molecule has 0 spiro atoms. The van der Waals surface area contributed by atoms with E-state index in [0.717, 1.165) is 19.8 Å². The minimum absolute atomic E-state index is 0.456. The van der Waals surface area contributed by atoms with Crippen molar-refractivity contribution in [1.82, 2.24) is 0 Å². The molecule has 0 unspecified atom stereocenters. The molecular formula is C14H23NO7. The van der Waals surface area contributed by atoms with Gasteiger partial charge in [-0.25, -0.2) is 4.79 Å². The second kappa shape index (κ2) is 7.55. The highest BCUT2D eigenvalue weighted by Gasteiger charge is 2.62. The van der Waals surface area contributed by atoms with Crippen LogP contribution in [0, 0.1) is 0 Å². The molecule has 8 nitrogen and oxygen atoms in total. The average molecular weight is 317 g/mol. The molecule has 0 aromatic carbocycles. The van der Waals surface area contributed by atoms with Crippen LogP contribution in [0.15, 0.2) is 0 Å². The van der Waals surface area contributed by atoms with Gasteiger partial charge in [0.25, 0.3) is 0 Å². The molecule has 3 N–H and O–H groups in total. The smallest absolute Gasteiger partial charge is 0.334 e. The van der Waals surface area contributed by atoms with Gasteiger partial charge in [0.1, 0.15) is 6.10 Å². The Bertz CT molecular complexity index is 439. The standard InChI is InChI=1S/C14H23NO7/c1-4-5-6-10-12(21-9(3)18)14(15,13(19)22-10)11(7-16)20-8(2)17/h10-12,16H,4-7,15H2,1-3H3/t10-,11+,12-,14-/m1/s1. The summed E-state index contributed by atoms with van der Waals surface area (Å²) >= 11 is 0. The number of hydrogen-bond acceptors (Lipinski definition) is 8. The molecule has 1 rings (SSSR count). The molecule has 1 aliphatic heterocycles. The summed E-state index contributed by atoms with van der Waals surface area (Å²) < 4.78 is 15.3. The molecule has 1 heterocycles. The summed E-state index contributed by atoms with van der Waals surface area (Å²) in [6, 6.07) is 0. The molecule has 1 aliphatic rings. The lowest BCUT2D eigenvalue weighted by molar-refractivity contribution is -0.165. The number of aliphatic hydroxyl groups is 1. The molecule has 22 heavy (non-hydrogen) atoms. The summed E-state index contributed by atoms with van der Waals surface area (Å²) in [5.41, 5.74) is 4.15. The van der Waals surface area contributed by atoms with Gasteiger partial charge in [0.15, 0.2) is 17.7 Å². The number of ether oxygens (including phenoxy) is 3. The van der Waals surface area contributed by atoms with Gasteiger partial charge in [-0.15, -0.1) is 0 Å². The third-order valence-electron chi connectivity index (χ3n) is 3.56. The van der Waals surface area contributed by atoms with E-state index in [1.807, 2.05) is 6.92 Å². The predicted molar refractivity (Wildman–Crippen MR) is 74.5 cm³/mol. The molecule has 1 fully saturated rings. The molecule has 0 aromatic rings. The molecule has 0 amide bonds. The predicted octanol–water partition coefficient (Wildman–Crippen LogP) is -0.345. The number of cyclic esters (lactones) is 1. The van der Waals surface area contributed by atoms with E-state index in [0.29, 0.717) is 6.42 Å². The molecule has 1 saturated heterocycles. The summed E-state index contributed by atoms with van der Waals surface area (Å²) in [5, 5.41) is 9.43. The van der Waals surface area contributed by atoms with Crippen molar-refractivity contribution in [2.75, 3.05) is 6.61 Å². The number of carbonyl (C=O) groups is 3. The van der Waals surface area contributed by atoms with E-state index >= 15 is 0 Å². The van der Waals surface area contributed by atoms with E-state index in [2.05, 4.69) is 0 Å². The van der Waals surface area contributed by atoms with Gasteiger partial charge in [-0.05, 0) is 12.8 Å². The monoisotopic (exact) mass is 317 g/mol. The van der Waals surface area contributed by atoms with Crippen LogP contribution in [-0.2, 0) is 28.6 Å². The lowest BCUT2D eigenvalue weighted by atomic mass is 9.85. The van der Waals surface area contributed by atoms with Crippen LogP contribution in [0.4, 0.5) is 0 Å². The van der Waals surface area contributed by atoms with Gasteiger partial charge in [-0.3, -0.25) is 9.59 Å². The third kappa shape index (κ3) is 3.75. The Balaban J connectivity index is 3.11. The van der Waals surface area contributed by atoms with Crippen LogP contribution in [0.25, 0.3) is 0 Å². The summed E-state index contributed by atoms with van der Waals surface area (Å²) in [6.45, 7) is 3.58. The van der Waals surface area contributed by atoms with Crippen molar-refractivity contribution in [3.63, 3.8) is 0 Å². The van der Waals surface area contributed by atoms with E-state index in [9.17, 15) is 19.5 Å². The highest BCUT2D eigenvalue weighted by Crippen LogP contribution is 2.34. The zero-order valence-electron chi connectivity index (χ0n) is 13.0. The molecule has 8 heteroatoms. The number of esters is 3. The number of carbonyl (C=O) groups excluding carboxylic acids is 3. The first kappa shape index (κ1) is 18.4. The highest BCUT2D eigenvalue weighted by molar-refractivity contribution is 5.86. The first-order valence-corrected chi connectivity index (χ1v) is 7.22. The molecule has 0 aromatic heterocycles. The van der Waals surface area contributed by atoms with Gasteiger partial charge in [0.05, 0.1) is 6.61 Å². The van der Waals surface area contributed by atoms with E-state index in [1.54, 1.807) is 0 Å². The maximum absolute atomic E-state index is 12.2. The minimum atomic E-state index is -1.93. The normalized spacial score (nSPS) is 28.9. The number of nitrogens with two attached hydrogens (primary N) is 1. The number of rotatable bonds is 7. The van der Waals surface area contributed by atoms with Crippen LogP contribution < -0.4 is 5.73 Å². The zero-order chi connectivity index (χ0) is 16.9. The Kier molecular flexibility index (Phi) is 6.31. The summed E-state index contributed by atoms with van der Waals surface area (Å²) in [6.07, 6.45) is -1.16. The second-order valence-corrected chi connectivity index (χ2v) is 5.33. The summed E-state index contributed by atoms with van der Waals surface area (Å²) in [5.74, 6) is -2.21. The molecular weight excluding hydrogens is 294 g/mol. The summed E-state index contributed by atoms with van der Waals surface area (Å²) in [4.78, 5) is 34.7. The van der Waals surface area contributed by atoms with Gasteiger partial charge < -0.3 is 25.1 Å². The Morgan fingerprint density at radius 1 is 1.41 bits per heavy atom. The van der Waals surface area contributed by atoms with Crippen LogP contribution >= 0.6 is 0 Å². The highest BCUT2D eigenvalue weighted by atomic mass is 16.6. The fourth-order valence-corrected chi connectivity index (χ4v) is 2.49. The third-order valence-corrected chi connectivity index (χ3v) is 3.56. The van der Waals surface area contributed by atoms with Crippen LogP contribution in [-0.4, -0.2) is 53.5 Å². The SMILES string of the molecule is CCCC[C@H]1OC(=O)[C@@](N)([C@H](CO)OC(C)=O)[C@@H]1OC(C)=O. The first-order valence-electron chi connectivity index (χ1n) is 7.22. The lowest BCUT2D eigenvalue weighted by Gasteiger charge is -2.33. The minimum Gasteiger partial charge on any atom is -0.457 e. The quantitative estimate of drug-likeness (QED) is 0.482. The van der Waals surface area contributed by atoms with Crippen molar-refractivity contribution in [3.8, 4) is 0 Å². The van der Waals surface area contributed by atoms with Gasteiger partial charge >= 0.3 is 17.9 Å². The van der Waals surface area contributed by atoms with Crippen molar-refractivity contribution in [1.29, 1.82) is 0 Å². The van der Waals surface area contributed by atoms with Crippen LogP contribution in [0.5, 0.6) is 0 Å². The second-order valence-electron chi connectivity index (χ2n) is 5.33. The largest absolute Gasteiger partial charge is 0.457 e. The fourth-order valence-electron chi connectivity index (χ4n) is 2.49. The maximum atomic E-state index is 12.2. The van der Waals surface area contributed by atoms with Gasteiger partial charge in [0.2, 0.25) is 0 Å². The molecule has 0 aliphatic carbocycles. The fraction of sp³-hybridized carbons (Fsp3) is 0.786. The maximum Gasteiger partial charge on any atom is 0.334 e. The van der Waals surface area contributed by atoms with Crippen LogP contribution in [0.3, 0.4) is 0 Å². The van der Waals surface area contributed by atoms with Crippen molar-refractivity contribution >= 4 is 17.9 Å². The van der Waals surface area contributed by atoms with E-state index in [-0.39, 0.29) is 0 Å². The Labute approximate surface area is 128 Å². The lowest BCUT2D eigenvalue weighted by Crippen LogP contribution is -2.65. The van der Waals surface area contributed by atoms with Crippen molar-refractivity contribution in [3.05, 3.63) is 0 Å². The van der Waals surface area contributed by atoms with Gasteiger partial charge in [-0.1, -0.05) is 13.3 Å². The summed E-state index contributed by atoms with van der Waals surface area (Å²) in [7, 11) is 0. The number of unbranched alkanes of at least 4 members (excludes halogenated alkanes) is 1. The van der Waals surface area contributed by atoms with Crippen molar-refractivity contribution in [2.24, 2.45) is 5.73 Å². The molecule has 0 radical (unpaired) electrons. The molecule has 0 bridgehead atoms. The van der Waals surface area contributed by atoms with Crippen molar-refractivity contribution in [2.45, 2.75) is 63.9 Å². The topological polar surface area (TPSA) is 125 Å². The zero-order valence-corrected chi connectivity index (χ0v) is 13.0. The van der Waals surface area contributed by atoms with Gasteiger partial charge in [0, 0.05) is 13.8 Å². The van der Waals surface area contributed by atoms with Crippen LogP contribution in [0.1, 0.15) is 40.0 Å². The van der Waals surface area contributed by atoms with Crippen LogP contribution in [0.2, 0.25) is 0 Å². The molecule has 126 valence electrons. The number of aliphatic hydroxyl groups excluding tert-OH is 1. The number of hydrogen-bond donors (Lipinski definition) is 2. The van der Waals surface area contributed by atoms with E-state index < -0.39 is 48.4 Å². The average Bonchev–Trinajstić information content (AvgIpc) is 2.67. The Morgan fingerprint density at radius 2 is 2.05 bits per heavy atom. The van der Waals surface area contributed by atoms with Crippen molar-refractivity contribution < 1.29 is 33.7 Å². The first-order chi connectivity index (χ1) is 10.3. The van der Waals surface area contributed by atoms with E-state index in [4.69, 9.17) is 19.9 Å². The molecule has 0 saturated carbocycles. The Hall–Kier alpha value is -1.67. The van der Waals surface area contributed by atoms with E-state index in [1.165, 1.54) is 6.92 Å². The van der Waals surface area contributed by atoms with Gasteiger partial charge in [-0.2, -0.15) is 0 Å².